The lowest BCUT2D eigenvalue weighted by Gasteiger charge is -2.16. The zero-order chi connectivity index (χ0) is 15.6. The third-order valence-electron chi connectivity index (χ3n) is 3.36. The van der Waals surface area contributed by atoms with Crippen molar-refractivity contribution in [2.75, 3.05) is 11.1 Å². The molecule has 5 N–H and O–H groups in total. The summed E-state index contributed by atoms with van der Waals surface area (Å²) in [6.07, 6.45) is 0.868. The van der Waals surface area contributed by atoms with Gasteiger partial charge < -0.3 is 11.1 Å². The Labute approximate surface area is 125 Å². The number of anilines is 3. The first-order valence-corrected chi connectivity index (χ1v) is 8.15. The minimum Gasteiger partial charge on any atom is -0.399 e. The average molecular weight is 305 g/mol. The van der Waals surface area contributed by atoms with Gasteiger partial charge in [0.25, 0.3) is 0 Å². The van der Waals surface area contributed by atoms with Crippen LogP contribution in [-0.4, -0.2) is 8.42 Å². The lowest BCUT2D eigenvalue weighted by atomic mass is 10.1. The lowest BCUT2D eigenvalue weighted by molar-refractivity contribution is 0.597. The molecule has 0 radical (unpaired) electrons. The van der Waals surface area contributed by atoms with Gasteiger partial charge in [0.1, 0.15) is 0 Å². The Morgan fingerprint density at radius 2 is 1.81 bits per heavy atom. The highest BCUT2D eigenvalue weighted by Gasteiger charge is 2.16. The first-order chi connectivity index (χ1) is 9.82. The van der Waals surface area contributed by atoms with Crippen LogP contribution in [0.4, 0.5) is 17.1 Å². The fourth-order valence-corrected chi connectivity index (χ4v) is 3.07. The van der Waals surface area contributed by atoms with E-state index in [0.29, 0.717) is 16.9 Å². The van der Waals surface area contributed by atoms with Gasteiger partial charge in [0.15, 0.2) is 0 Å². The first kappa shape index (κ1) is 15.3. The van der Waals surface area contributed by atoms with Gasteiger partial charge in [-0.15, -0.1) is 0 Å². The van der Waals surface area contributed by atoms with Crippen LogP contribution in [0.5, 0.6) is 0 Å². The Balaban J connectivity index is 2.53. The SMILES string of the molecule is CCc1ccccc1Nc1cc(N)cc(S(N)(=O)=O)c1C. The van der Waals surface area contributed by atoms with Crippen LogP contribution in [-0.2, 0) is 16.4 Å². The van der Waals surface area contributed by atoms with Crippen molar-refractivity contribution in [1.82, 2.24) is 0 Å². The zero-order valence-corrected chi connectivity index (χ0v) is 12.9. The van der Waals surface area contributed by atoms with Crippen LogP contribution in [0.3, 0.4) is 0 Å². The van der Waals surface area contributed by atoms with E-state index in [1.54, 1.807) is 13.0 Å². The quantitative estimate of drug-likeness (QED) is 0.756. The molecule has 0 bridgehead atoms. The molecule has 0 aliphatic carbocycles. The minimum atomic E-state index is -3.81. The van der Waals surface area contributed by atoms with Crippen molar-refractivity contribution in [3.8, 4) is 0 Å². The number of aryl methyl sites for hydroxylation is 1. The summed E-state index contributed by atoms with van der Waals surface area (Å²) < 4.78 is 23.3. The van der Waals surface area contributed by atoms with E-state index in [9.17, 15) is 8.42 Å². The number of sulfonamides is 1. The number of hydrogen-bond acceptors (Lipinski definition) is 4. The highest BCUT2D eigenvalue weighted by molar-refractivity contribution is 7.89. The molecule has 0 fully saturated rings. The molecule has 0 aliphatic rings. The molecular formula is C15H19N3O2S. The van der Waals surface area contributed by atoms with Crippen LogP contribution in [0.25, 0.3) is 0 Å². The van der Waals surface area contributed by atoms with Crippen LogP contribution in [0.1, 0.15) is 18.1 Å². The number of nitrogens with two attached hydrogens (primary N) is 2. The van der Waals surface area contributed by atoms with Gasteiger partial charge in [-0.25, -0.2) is 13.6 Å². The molecule has 0 aromatic heterocycles. The van der Waals surface area contributed by atoms with Gasteiger partial charge >= 0.3 is 0 Å². The third kappa shape index (κ3) is 3.34. The van der Waals surface area contributed by atoms with Crippen LogP contribution >= 0.6 is 0 Å². The van der Waals surface area contributed by atoms with Gasteiger partial charge in [0.05, 0.1) is 4.90 Å². The molecule has 0 amide bonds. The number of rotatable bonds is 4. The van der Waals surface area contributed by atoms with Gasteiger partial charge in [0.2, 0.25) is 10.0 Å². The molecule has 2 rings (SSSR count). The summed E-state index contributed by atoms with van der Waals surface area (Å²) >= 11 is 0. The topological polar surface area (TPSA) is 98.2 Å². The molecule has 0 aliphatic heterocycles. The normalized spacial score (nSPS) is 11.4. The number of para-hydroxylation sites is 1. The maximum atomic E-state index is 11.6. The molecule has 0 atom stereocenters. The molecule has 6 heteroatoms. The van der Waals surface area contributed by atoms with Gasteiger partial charge in [0, 0.05) is 17.1 Å². The number of primary sulfonamides is 1. The molecule has 5 nitrogen and oxygen atoms in total. The standard InChI is InChI=1S/C15H19N3O2S/c1-3-11-6-4-5-7-13(11)18-14-8-12(16)9-15(10(14)2)21(17,19)20/h4-9,18H,3,16H2,1-2H3,(H2,17,19,20). The van der Waals surface area contributed by atoms with E-state index in [1.165, 1.54) is 6.07 Å². The van der Waals surface area contributed by atoms with E-state index in [1.807, 2.05) is 24.3 Å². The molecule has 112 valence electrons. The van der Waals surface area contributed by atoms with Crippen LogP contribution in [0.2, 0.25) is 0 Å². The van der Waals surface area contributed by atoms with E-state index in [4.69, 9.17) is 10.9 Å². The summed E-state index contributed by atoms with van der Waals surface area (Å²) in [5.74, 6) is 0. The molecule has 0 unspecified atom stereocenters. The smallest absolute Gasteiger partial charge is 0.238 e. The Kier molecular flexibility index (Phi) is 4.20. The zero-order valence-electron chi connectivity index (χ0n) is 12.1. The van der Waals surface area contributed by atoms with Gasteiger partial charge in [-0.2, -0.15) is 0 Å². The van der Waals surface area contributed by atoms with Crippen molar-refractivity contribution in [3.63, 3.8) is 0 Å². The number of nitrogen functional groups attached to an aromatic ring is 1. The highest BCUT2D eigenvalue weighted by Crippen LogP contribution is 2.30. The first-order valence-electron chi connectivity index (χ1n) is 6.60. The maximum absolute atomic E-state index is 11.6. The second kappa shape index (κ2) is 5.75. The number of nitrogens with one attached hydrogen (secondary N) is 1. The summed E-state index contributed by atoms with van der Waals surface area (Å²) in [7, 11) is -3.81. The predicted molar refractivity (Wildman–Crippen MR) is 86.1 cm³/mol. The van der Waals surface area contributed by atoms with Crippen molar-refractivity contribution in [2.24, 2.45) is 5.14 Å². The lowest BCUT2D eigenvalue weighted by Crippen LogP contribution is -2.15. The molecule has 0 saturated heterocycles. The molecule has 21 heavy (non-hydrogen) atoms. The minimum absolute atomic E-state index is 0.0407. The van der Waals surface area contributed by atoms with E-state index in [0.717, 1.165) is 17.7 Å². The van der Waals surface area contributed by atoms with Gasteiger partial charge in [-0.05, 0) is 42.7 Å². The summed E-state index contributed by atoms with van der Waals surface area (Å²) in [6.45, 7) is 3.76. The van der Waals surface area contributed by atoms with Crippen LogP contribution in [0, 0.1) is 6.92 Å². The maximum Gasteiger partial charge on any atom is 0.238 e. The van der Waals surface area contributed by atoms with Crippen LogP contribution < -0.4 is 16.2 Å². The van der Waals surface area contributed by atoms with Crippen molar-refractivity contribution in [1.29, 1.82) is 0 Å². The fourth-order valence-electron chi connectivity index (χ4n) is 2.23. The average Bonchev–Trinajstić information content (AvgIpc) is 2.42. The third-order valence-corrected chi connectivity index (χ3v) is 4.39. The van der Waals surface area contributed by atoms with E-state index >= 15 is 0 Å². The van der Waals surface area contributed by atoms with Gasteiger partial charge in [-0.1, -0.05) is 25.1 Å². The molecule has 0 heterocycles. The van der Waals surface area contributed by atoms with Crippen molar-refractivity contribution in [2.45, 2.75) is 25.2 Å². The monoisotopic (exact) mass is 305 g/mol. The second-order valence-corrected chi connectivity index (χ2v) is 6.40. The number of hydrogen-bond donors (Lipinski definition) is 3. The number of benzene rings is 2. The second-order valence-electron chi connectivity index (χ2n) is 4.87. The molecule has 0 saturated carbocycles. The Hall–Kier alpha value is -2.05. The Bertz CT molecular complexity index is 770. The predicted octanol–water partition coefficient (Wildman–Crippen LogP) is 2.53. The molecule has 2 aromatic rings. The largest absolute Gasteiger partial charge is 0.399 e. The molecule has 2 aromatic carbocycles. The Morgan fingerprint density at radius 1 is 1.14 bits per heavy atom. The van der Waals surface area contributed by atoms with Crippen molar-refractivity contribution in [3.05, 3.63) is 47.5 Å². The molecular weight excluding hydrogens is 286 g/mol. The fraction of sp³-hybridized carbons (Fsp3) is 0.200. The van der Waals surface area contributed by atoms with Gasteiger partial charge in [-0.3, -0.25) is 0 Å². The molecule has 0 spiro atoms. The van der Waals surface area contributed by atoms with E-state index in [-0.39, 0.29) is 4.90 Å². The summed E-state index contributed by atoms with van der Waals surface area (Å²) in [6, 6.07) is 10.9. The summed E-state index contributed by atoms with van der Waals surface area (Å²) in [4.78, 5) is 0.0407. The van der Waals surface area contributed by atoms with E-state index < -0.39 is 10.0 Å². The summed E-state index contributed by atoms with van der Waals surface area (Å²) in [5.41, 5.74) is 9.39. The highest BCUT2D eigenvalue weighted by atomic mass is 32.2. The summed E-state index contributed by atoms with van der Waals surface area (Å²) in [5, 5.41) is 8.48. The van der Waals surface area contributed by atoms with E-state index in [2.05, 4.69) is 12.2 Å². The van der Waals surface area contributed by atoms with Crippen LogP contribution in [0.15, 0.2) is 41.3 Å². The van der Waals surface area contributed by atoms with Crippen molar-refractivity contribution < 1.29 is 8.42 Å². The van der Waals surface area contributed by atoms with Crippen molar-refractivity contribution >= 4 is 27.1 Å². The Morgan fingerprint density at radius 3 is 2.43 bits per heavy atom.